The minimum Gasteiger partial charge on any atom is -0.312 e. The number of hydrogen-bond acceptors (Lipinski definition) is 1. The SMILES string of the molecule is Cl.Clc1ccccc1-c1ccc(Cl)c2c1CNCC2. The third kappa shape index (κ3) is 2.75. The monoisotopic (exact) mass is 313 g/mol. The number of halogens is 3. The van der Waals surface area contributed by atoms with Crippen LogP contribution in [0.2, 0.25) is 10.0 Å². The van der Waals surface area contributed by atoms with Gasteiger partial charge >= 0.3 is 0 Å². The molecule has 2 aromatic rings. The van der Waals surface area contributed by atoms with Crippen molar-refractivity contribution in [3.05, 3.63) is 57.6 Å². The fourth-order valence-corrected chi connectivity index (χ4v) is 3.00. The van der Waals surface area contributed by atoms with Crippen LogP contribution in [0, 0.1) is 0 Å². The summed E-state index contributed by atoms with van der Waals surface area (Å²) in [5.41, 5.74) is 4.80. The molecule has 1 nitrogen and oxygen atoms in total. The van der Waals surface area contributed by atoms with Gasteiger partial charge in [0.1, 0.15) is 0 Å². The minimum absolute atomic E-state index is 0. The van der Waals surface area contributed by atoms with Gasteiger partial charge in [0.2, 0.25) is 0 Å². The van der Waals surface area contributed by atoms with Gasteiger partial charge in [0.15, 0.2) is 0 Å². The molecule has 1 N–H and O–H groups in total. The smallest absolute Gasteiger partial charge is 0.0484 e. The number of nitrogens with one attached hydrogen (secondary N) is 1. The number of fused-ring (bicyclic) bond motifs is 1. The zero-order valence-corrected chi connectivity index (χ0v) is 12.6. The van der Waals surface area contributed by atoms with Gasteiger partial charge in [-0.1, -0.05) is 47.5 Å². The van der Waals surface area contributed by atoms with Crippen molar-refractivity contribution in [3.63, 3.8) is 0 Å². The van der Waals surface area contributed by atoms with Crippen LogP contribution in [0.4, 0.5) is 0 Å². The fourth-order valence-electron chi connectivity index (χ4n) is 2.50. The first-order valence-corrected chi connectivity index (χ1v) is 6.79. The lowest BCUT2D eigenvalue weighted by Gasteiger charge is -2.22. The van der Waals surface area contributed by atoms with Gasteiger partial charge in [-0.2, -0.15) is 0 Å². The van der Waals surface area contributed by atoms with Gasteiger partial charge < -0.3 is 5.32 Å². The normalized spacial score (nSPS) is 13.6. The zero-order valence-electron chi connectivity index (χ0n) is 10.2. The summed E-state index contributed by atoms with van der Waals surface area (Å²) in [6.45, 7) is 1.84. The van der Waals surface area contributed by atoms with E-state index in [1.165, 1.54) is 16.7 Å². The van der Waals surface area contributed by atoms with E-state index in [0.29, 0.717) is 0 Å². The molecule has 0 bridgehead atoms. The predicted molar refractivity (Wildman–Crippen MR) is 84.6 cm³/mol. The lowest BCUT2D eigenvalue weighted by Crippen LogP contribution is -2.24. The van der Waals surface area contributed by atoms with Crippen molar-refractivity contribution in [2.24, 2.45) is 0 Å². The molecule has 0 saturated heterocycles. The van der Waals surface area contributed by atoms with Crippen molar-refractivity contribution < 1.29 is 0 Å². The topological polar surface area (TPSA) is 12.0 Å². The second-order valence-electron chi connectivity index (χ2n) is 4.46. The van der Waals surface area contributed by atoms with Crippen LogP contribution in [0.1, 0.15) is 11.1 Å². The largest absolute Gasteiger partial charge is 0.312 e. The van der Waals surface area contributed by atoms with Crippen molar-refractivity contribution in [2.45, 2.75) is 13.0 Å². The van der Waals surface area contributed by atoms with E-state index < -0.39 is 0 Å². The molecule has 0 amide bonds. The first-order chi connectivity index (χ1) is 8.77. The zero-order chi connectivity index (χ0) is 12.5. The van der Waals surface area contributed by atoms with E-state index in [1.54, 1.807) is 0 Å². The Hall–Kier alpha value is -0.730. The van der Waals surface area contributed by atoms with Gasteiger partial charge in [-0.15, -0.1) is 12.4 Å². The molecular weight excluding hydrogens is 301 g/mol. The third-order valence-electron chi connectivity index (χ3n) is 3.39. The van der Waals surface area contributed by atoms with Gasteiger partial charge in [-0.3, -0.25) is 0 Å². The van der Waals surface area contributed by atoms with Crippen molar-refractivity contribution in [3.8, 4) is 11.1 Å². The molecule has 4 heteroatoms. The summed E-state index contributed by atoms with van der Waals surface area (Å²) in [4.78, 5) is 0. The second-order valence-corrected chi connectivity index (χ2v) is 5.27. The molecule has 0 saturated carbocycles. The standard InChI is InChI=1S/C15H13Cl2N.ClH/c16-14-4-2-1-3-11(14)10-5-6-15(17)12-7-8-18-9-13(10)12;/h1-6,18H,7-9H2;1H. The van der Waals surface area contributed by atoms with Gasteiger partial charge in [0.25, 0.3) is 0 Å². The molecule has 2 aromatic carbocycles. The average molecular weight is 315 g/mol. The number of benzene rings is 2. The summed E-state index contributed by atoms with van der Waals surface area (Å²) in [5.74, 6) is 0. The Balaban J connectivity index is 0.00000133. The Kier molecular flexibility index (Phi) is 4.75. The summed E-state index contributed by atoms with van der Waals surface area (Å²) in [5, 5.41) is 5.04. The highest BCUT2D eigenvalue weighted by Crippen LogP contribution is 2.35. The van der Waals surface area contributed by atoms with Gasteiger partial charge in [-0.25, -0.2) is 0 Å². The molecular formula is C15H14Cl3N. The van der Waals surface area contributed by atoms with Crippen LogP contribution < -0.4 is 5.32 Å². The van der Waals surface area contributed by atoms with Crippen LogP contribution in [0.25, 0.3) is 11.1 Å². The third-order valence-corrected chi connectivity index (χ3v) is 4.08. The molecule has 1 aliphatic rings. The number of hydrogen-bond donors (Lipinski definition) is 1. The molecule has 19 heavy (non-hydrogen) atoms. The molecule has 0 atom stereocenters. The van der Waals surface area contributed by atoms with E-state index >= 15 is 0 Å². The maximum Gasteiger partial charge on any atom is 0.0484 e. The molecule has 0 aromatic heterocycles. The van der Waals surface area contributed by atoms with E-state index in [4.69, 9.17) is 23.2 Å². The molecule has 0 radical (unpaired) electrons. The molecule has 100 valence electrons. The molecule has 0 spiro atoms. The highest BCUT2D eigenvalue weighted by atomic mass is 35.5. The first kappa shape index (κ1) is 14.7. The Bertz CT molecular complexity index is 596. The second kappa shape index (κ2) is 6.15. The van der Waals surface area contributed by atoms with Crippen molar-refractivity contribution in [2.75, 3.05) is 6.54 Å². The van der Waals surface area contributed by atoms with Crippen LogP contribution in [-0.2, 0) is 13.0 Å². The van der Waals surface area contributed by atoms with Crippen LogP contribution in [0.15, 0.2) is 36.4 Å². The number of rotatable bonds is 1. The van der Waals surface area contributed by atoms with E-state index in [-0.39, 0.29) is 12.4 Å². The molecule has 0 unspecified atom stereocenters. The van der Waals surface area contributed by atoms with E-state index in [1.807, 2.05) is 24.3 Å². The van der Waals surface area contributed by atoms with Crippen molar-refractivity contribution >= 4 is 35.6 Å². The molecule has 0 aliphatic carbocycles. The molecule has 3 rings (SSSR count). The maximum absolute atomic E-state index is 6.29. The van der Waals surface area contributed by atoms with Crippen LogP contribution >= 0.6 is 35.6 Å². The molecule has 1 aliphatic heterocycles. The van der Waals surface area contributed by atoms with E-state index in [9.17, 15) is 0 Å². The van der Waals surface area contributed by atoms with Crippen molar-refractivity contribution in [1.82, 2.24) is 5.32 Å². The highest BCUT2D eigenvalue weighted by Gasteiger charge is 2.17. The lowest BCUT2D eigenvalue weighted by molar-refractivity contribution is 0.645. The Morgan fingerprint density at radius 3 is 2.42 bits per heavy atom. The summed E-state index contributed by atoms with van der Waals surface area (Å²) in [7, 11) is 0. The maximum atomic E-state index is 6.29. The predicted octanol–water partition coefficient (Wildman–Crippen LogP) is 4.73. The molecule has 0 fully saturated rings. The Morgan fingerprint density at radius 1 is 0.842 bits per heavy atom. The summed E-state index contributed by atoms with van der Waals surface area (Å²) < 4.78 is 0. The van der Waals surface area contributed by atoms with Crippen LogP contribution in [-0.4, -0.2) is 6.54 Å². The van der Waals surface area contributed by atoms with Gasteiger partial charge in [-0.05, 0) is 41.8 Å². The first-order valence-electron chi connectivity index (χ1n) is 6.03. The van der Waals surface area contributed by atoms with Crippen LogP contribution in [0.3, 0.4) is 0 Å². The molecule has 1 heterocycles. The van der Waals surface area contributed by atoms with E-state index in [0.717, 1.165) is 35.1 Å². The summed E-state index contributed by atoms with van der Waals surface area (Å²) in [6.07, 6.45) is 0.979. The Morgan fingerprint density at radius 2 is 1.63 bits per heavy atom. The Labute approximate surface area is 129 Å². The summed E-state index contributed by atoms with van der Waals surface area (Å²) >= 11 is 12.6. The van der Waals surface area contributed by atoms with Crippen LogP contribution in [0.5, 0.6) is 0 Å². The van der Waals surface area contributed by atoms with Gasteiger partial charge in [0.05, 0.1) is 0 Å². The lowest BCUT2D eigenvalue weighted by atomic mass is 9.92. The fraction of sp³-hybridized carbons (Fsp3) is 0.200. The summed E-state index contributed by atoms with van der Waals surface area (Å²) in [6, 6.07) is 12.0. The minimum atomic E-state index is 0. The quantitative estimate of drug-likeness (QED) is 0.802. The average Bonchev–Trinajstić information content (AvgIpc) is 2.41. The van der Waals surface area contributed by atoms with Crippen molar-refractivity contribution in [1.29, 1.82) is 0 Å². The highest BCUT2D eigenvalue weighted by molar-refractivity contribution is 6.33. The van der Waals surface area contributed by atoms with Gasteiger partial charge in [0, 0.05) is 22.2 Å². The van der Waals surface area contributed by atoms with E-state index in [2.05, 4.69) is 17.4 Å².